The van der Waals surface area contributed by atoms with E-state index in [1.165, 1.54) is 0 Å². The van der Waals surface area contributed by atoms with Crippen LogP contribution in [0.1, 0.15) is 23.6 Å². The van der Waals surface area contributed by atoms with Gasteiger partial charge in [0.1, 0.15) is 17.4 Å². The van der Waals surface area contributed by atoms with Crippen molar-refractivity contribution in [2.45, 2.75) is 20.8 Å². The molecule has 0 saturated heterocycles. The van der Waals surface area contributed by atoms with E-state index < -0.39 is 5.91 Å². The van der Waals surface area contributed by atoms with Crippen LogP contribution >= 0.6 is 0 Å². The summed E-state index contributed by atoms with van der Waals surface area (Å²) in [6.45, 7) is 6.44. The first-order chi connectivity index (χ1) is 13.5. The molecule has 1 N–H and O–H groups in total. The molecule has 28 heavy (non-hydrogen) atoms. The van der Waals surface area contributed by atoms with Gasteiger partial charge in [0.05, 0.1) is 6.61 Å². The SMILES string of the molecule is CCOc1ccc(/C=C(\C#N)C(=O)Nc2cccc(C)c2C)c2ccccc12. The van der Waals surface area contributed by atoms with E-state index in [1.807, 2.05) is 81.4 Å². The Balaban J connectivity index is 1.99. The van der Waals surface area contributed by atoms with Crippen LogP contribution < -0.4 is 10.1 Å². The molecular weight excluding hydrogens is 348 g/mol. The summed E-state index contributed by atoms with van der Waals surface area (Å²) in [6, 6.07) is 19.3. The number of aryl methyl sites for hydroxylation is 1. The molecule has 0 aromatic heterocycles. The van der Waals surface area contributed by atoms with Crippen LogP contribution in [0.3, 0.4) is 0 Å². The Hall–Kier alpha value is -3.58. The van der Waals surface area contributed by atoms with Gasteiger partial charge < -0.3 is 10.1 Å². The molecule has 3 rings (SSSR count). The average Bonchev–Trinajstić information content (AvgIpc) is 2.71. The molecule has 4 nitrogen and oxygen atoms in total. The number of fused-ring (bicyclic) bond motifs is 1. The summed E-state index contributed by atoms with van der Waals surface area (Å²) in [6.07, 6.45) is 1.62. The van der Waals surface area contributed by atoms with Crippen molar-refractivity contribution in [3.05, 3.63) is 76.9 Å². The molecule has 0 radical (unpaired) electrons. The normalized spacial score (nSPS) is 11.1. The van der Waals surface area contributed by atoms with E-state index in [0.29, 0.717) is 12.3 Å². The highest BCUT2D eigenvalue weighted by Crippen LogP contribution is 2.30. The Bertz CT molecular complexity index is 1110. The van der Waals surface area contributed by atoms with Crippen LogP contribution in [0.2, 0.25) is 0 Å². The molecule has 0 fully saturated rings. The van der Waals surface area contributed by atoms with Crippen molar-refractivity contribution in [3.8, 4) is 11.8 Å². The van der Waals surface area contributed by atoms with E-state index >= 15 is 0 Å². The third kappa shape index (κ3) is 3.89. The molecule has 0 aliphatic rings. The van der Waals surface area contributed by atoms with Gasteiger partial charge in [-0.1, -0.05) is 42.5 Å². The lowest BCUT2D eigenvalue weighted by Gasteiger charge is -2.11. The first kappa shape index (κ1) is 19.2. The van der Waals surface area contributed by atoms with E-state index in [0.717, 1.165) is 33.2 Å². The lowest BCUT2D eigenvalue weighted by atomic mass is 10.0. The van der Waals surface area contributed by atoms with Crippen LogP contribution in [-0.4, -0.2) is 12.5 Å². The molecule has 0 aliphatic carbocycles. The first-order valence-corrected chi connectivity index (χ1v) is 9.19. The summed E-state index contributed by atoms with van der Waals surface area (Å²) in [4.78, 5) is 12.7. The van der Waals surface area contributed by atoms with Gasteiger partial charge in [-0.2, -0.15) is 5.26 Å². The Labute approximate surface area is 165 Å². The van der Waals surface area contributed by atoms with E-state index in [9.17, 15) is 10.1 Å². The summed E-state index contributed by atoms with van der Waals surface area (Å²) in [7, 11) is 0. The van der Waals surface area contributed by atoms with Gasteiger partial charge in [0.25, 0.3) is 5.91 Å². The molecule has 0 unspecified atom stereocenters. The van der Waals surface area contributed by atoms with Crippen molar-refractivity contribution >= 4 is 28.4 Å². The lowest BCUT2D eigenvalue weighted by Crippen LogP contribution is -2.14. The highest BCUT2D eigenvalue weighted by Gasteiger charge is 2.13. The maximum atomic E-state index is 12.7. The summed E-state index contributed by atoms with van der Waals surface area (Å²) < 4.78 is 5.69. The maximum absolute atomic E-state index is 12.7. The number of ether oxygens (including phenoxy) is 1. The number of carbonyl (C=O) groups is 1. The summed E-state index contributed by atoms with van der Waals surface area (Å²) in [5.41, 5.74) is 3.63. The molecule has 0 aliphatic heterocycles. The van der Waals surface area contributed by atoms with Gasteiger partial charge in [-0.3, -0.25) is 4.79 Å². The first-order valence-electron chi connectivity index (χ1n) is 9.19. The second-order valence-corrected chi connectivity index (χ2v) is 6.50. The summed E-state index contributed by atoms with van der Waals surface area (Å²) >= 11 is 0. The van der Waals surface area contributed by atoms with Gasteiger partial charge in [-0.25, -0.2) is 0 Å². The number of anilines is 1. The molecule has 140 valence electrons. The molecular formula is C24H22N2O2. The zero-order valence-corrected chi connectivity index (χ0v) is 16.2. The number of amides is 1. The minimum absolute atomic E-state index is 0.0511. The quantitative estimate of drug-likeness (QED) is 0.483. The second-order valence-electron chi connectivity index (χ2n) is 6.50. The molecule has 3 aromatic rings. The molecule has 0 heterocycles. The van der Waals surface area contributed by atoms with Gasteiger partial charge in [0.15, 0.2) is 0 Å². The third-order valence-electron chi connectivity index (χ3n) is 4.74. The van der Waals surface area contributed by atoms with Crippen LogP contribution in [-0.2, 0) is 4.79 Å². The zero-order chi connectivity index (χ0) is 20.1. The zero-order valence-electron chi connectivity index (χ0n) is 16.2. The Morgan fingerprint density at radius 2 is 1.82 bits per heavy atom. The maximum Gasteiger partial charge on any atom is 0.266 e. The fourth-order valence-corrected chi connectivity index (χ4v) is 3.08. The lowest BCUT2D eigenvalue weighted by molar-refractivity contribution is -0.112. The predicted octanol–water partition coefficient (Wildman–Crippen LogP) is 5.40. The Morgan fingerprint density at radius 1 is 1.07 bits per heavy atom. The number of carbonyl (C=O) groups excluding carboxylic acids is 1. The van der Waals surface area contributed by atoms with Gasteiger partial charge in [-0.15, -0.1) is 0 Å². The molecule has 3 aromatic carbocycles. The van der Waals surface area contributed by atoms with Crippen LogP contribution in [0.15, 0.2) is 60.2 Å². The van der Waals surface area contributed by atoms with Crippen molar-refractivity contribution in [3.63, 3.8) is 0 Å². The highest BCUT2D eigenvalue weighted by molar-refractivity contribution is 6.11. The fraction of sp³-hybridized carbons (Fsp3) is 0.167. The summed E-state index contributed by atoms with van der Waals surface area (Å²) in [5.74, 6) is 0.364. The number of nitrogens with zero attached hydrogens (tertiary/aromatic N) is 1. The standard InChI is InChI=1S/C24H22N2O2/c1-4-28-23-13-12-18(20-9-5-6-10-21(20)23)14-19(15-25)24(27)26-22-11-7-8-16(2)17(22)3/h5-14H,4H2,1-3H3,(H,26,27)/b19-14+. The van der Waals surface area contributed by atoms with Gasteiger partial charge in [0, 0.05) is 11.1 Å². The number of hydrogen-bond donors (Lipinski definition) is 1. The van der Waals surface area contributed by atoms with Crippen LogP contribution in [0.5, 0.6) is 5.75 Å². The number of hydrogen-bond acceptors (Lipinski definition) is 3. The molecule has 1 amide bonds. The van der Waals surface area contributed by atoms with E-state index in [1.54, 1.807) is 6.08 Å². The predicted molar refractivity (Wildman–Crippen MR) is 113 cm³/mol. The second kappa shape index (κ2) is 8.41. The number of rotatable bonds is 5. The van der Waals surface area contributed by atoms with Crippen molar-refractivity contribution in [2.24, 2.45) is 0 Å². The topological polar surface area (TPSA) is 62.1 Å². The highest BCUT2D eigenvalue weighted by atomic mass is 16.5. The molecule has 0 bridgehead atoms. The molecule has 0 saturated carbocycles. The Morgan fingerprint density at radius 3 is 2.54 bits per heavy atom. The van der Waals surface area contributed by atoms with Crippen molar-refractivity contribution in [1.82, 2.24) is 0 Å². The van der Waals surface area contributed by atoms with Crippen molar-refractivity contribution in [2.75, 3.05) is 11.9 Å². The van der Waals surface area contributed by atoms with Crippen LogP contribution in [0, 0.1) is 25.2 Å². The van der Waals surface area contributed by atoms with Crippen LogP contribution in [0.4, 0.5) is 5.69 Å². The number of benzene rings is 3. The minimum atomic E-state index is -0.422. The van der Waals surface area contributed by atoms with Crippen molar-refractivity contribution in [1.29, 1.82) is 5.26 Å². The molecule has 0 atom stereocenters. The smallest absolute Gasteiger partial charge is 0.266 e. The van der Waals surface area contributed by atoms with E-state index in [4.69, 9.17) is 4.74 Å². The molecule has 0 spiro atoms. The number of nitriles is 1. The average molecular weight is 370 g/mol. The minimum Gasteiger partial charge on any atom is -0.493 e. The van der Waals surface area contributed by atoms with Gasteiger partial charge in [-0.05, 0) is 61.1 Å². The van der Waals surface area contributed by atoms with E-state index in [2.05, 4.69) is 5.32 Å². The number of nitrogens with one attached hydrogen (secondary N) is 1. The van der Waals surface area contributed by atoms with Crippen LogP contribution in [0.25, 0.3) is 16.8 Å². The monoisotopic (exact) mass is 370 g/mol. The molecule has 4 heteroatoms. The summed E-state index contributed by atoms with van der Waals surface area (Å²) in [5, 5.41) is 14.3. The van der Waals surface area contributed by atoms with Gasteiger partial charge >= 0.3 is 0 Å². The van der Waals surface area contributed by atoms with Crippen molar-refractivity contribution < 1.29 is 9.53 Å². The third-order valence-corrected chi connectivity index (χ3v) is 4.74. The van der Waals surface area contributed by atoms with Gasteiger partial charge in [0.2, 0.25) is 0 Å². The van der Waals surface area contributed by atoms with E-state index in [-0.39, 0.29) is 5.57 Å². The Kier molecular flexibility index (Phi) is 5.76. The largest absolute Gasteiger partial charge is 0.493 e. The fourth-order valence-electron chi connectivity index (χ4n) is 3.08.